The molecule has 0 aliphatic heterocycles. The van der Waals surface area contributed by atoms with Gasteiger partial charge < -0.3 is 9.57 Å². The molecule has 20 heavy (non-hydrogen) atoms. The van der Waals surface area contributed by atoms with Crippen molar-refractivity contribution < 1.29 is 14.4 Å². The molecule has 0 aromatic heterocycles. The Balaban J connectivity index is 3.00. The number of rotatable bonds is 5. The molecule has 1 aromatic rings. The highest BCUT2D eigenvalue weighted by molar-refractivity contribution is 6.43. The molecule has 0 aliphatic carbocycles. The van der Waals surface area contributed by atoms with Crippen molar-refractivity contribution in [2.45, 2.75) is 26.7 Å². The third-order valence-electron chi connectivity index (χ3n) is 2.43. The highest BCUT2D eigenvalue weighted by atomic mass is 35.5. The molecule has 0 unspecified atom stereocenters. The zero-order valence-electron chi connectivity index (χ0n) is 12.3. The summed E-state index contributed by atoms with van der Waals surface area (Å²) in [6, 6.07) is 7.28. The van der Waals surface area contributed by atoms with Crippen LogP contribution in [0.2, 0.25) is 0 Å². The second-order valence-electron chi connectivity index (χ2n) is 5.55. The molecule has 0 heterocycles. The van der Waals surface area contributed by atoms with Gasteiger partial charge in [-0.15, -0.1) is 11.6 Å². The van der Waals surface area contributed by atoms with E-state index in [1.807, 2.05) is 39.0 Å². The van der Waals surface area contributed by atoms with Gasteiger partial charge in [0.25, 0.3) is 0 Å². The van der Waals surface area contributed by atoms with E-state index in [-0.39, 0.29) is 17.0 Å². The Hall–Kier alpha value is -1.55. The van der Waals surface area contributed by atoms with Gasteiger partial charge >= 0.3 is 5.97 Å². The first-order valence-electron chi connectivity index (χ1n) is 6.31. The number of halogens is 1. The smallest absolute Gasteiger partial charge is 0.361 e. The summed E-state index contributed by atoms with van der Waals surface area (Å²) in [6.45, 7) is 6.26. The van der Waals surface area contributed by atoms with Gasteiger partial charge in [0.15, 0.2) is 5.71 Å². The first kappa shape index (κ1) is 16.5. The Morgan fingerprint density at radius 3 is 2.50 bits per heavy atom. The highest BCUT2D eigenvalue weighted by Crippen LogP contribution is 2.16. The molecular weight excluding hydrogens is 278 g/mol. The number of oxime groups is 1. The molecule has 0 amide bonds. The summed E-state index contributed by atoms with van der Waals surface area (Å²) < 4.78 is 5.28. The number of nitrogens with zero attached hydrogens (tertiary/aromatic N) is 1. The van der Waals surface area contributed by atoms with E-state index in [4.69, 9.17) is 21.2 Å². The van der Waals surface area contributed by atoms with Crippen molar-refractivity contribution in [3.8, 4) is 0 Å². The van der Waals surface area contributed by atoms with Crippen LogP contribution < -0.4 is 0 Å². The molecule has 5 heteroatoms. The molecule has 0 bridgehead atoms. The number of hydrogen-bond donors (Lipinski definition) is 0. The van der Waals surface area contributed by atoms with Gasteiger partial charge in [-0.3, -0.25) is 0 Å². The largest absolute Gasteiger partial charge is 0.460 e. The quantitative estimate of drug-likeness (QED) is 0.362. The Labute approximate surface area is 124 Å². The van der Waals surface area contributed by atoms with E-state index in [0.717, 1.165) is 5.56 Å². The van der Waals surface area contributed by atoms with Crippen LogP contribution in [0.4, 0.5) is 0 Å². The van der Waals surface area contributed by atoms with Gasteiger partial charge in [-0.2, -0.15) is 0 Å². The molecule has 1 rings (SSSR count). The molecule has 1 aromatic carbocycles. The topological polar surface area (TPSA) is 47.9 Å². The minimum Gasteiger partial charge on any atom is -0.460 e. The normalized spacial score (nSPS) is 12.2. The van der Waals surface area contributed by atoms with Gasteiger partial charge in [-0.25, -0.2) is 4.79 Å². The average Bonchev–Trinajstić information content (AvgIpc) is 2.41. The van der Waals surface area contributed by atoms with Gasteiger partial charge in [-0.1, -0.05) is 50.2 Å². The fourth-order valence-electron chi connectivity index (χ4n) is 1.51. The lowest BCUT2D eigenvalue weighted by atomic mass is 9.98. The molecule has 0 fully saturated rings. The van der Waals surface area contributed by atoms with Gasteiger partial charge in [0.05, 0.1) is 6.61 Å². The average molecular weight is 298 g/mol. The molecule has 0 atom stereocenters. The number of carbonyl (C=O) groups excluding carboxylic acids is 1. The maximum Gasteiger partial charge on any atom is 0.361 e. The van der Waals surface area contributed by atoms with Gasteiger partial charge in [-0.05, 0) is 11.0 Å². The van der Waals surface area contributed by atoms with Gasteiger partial charge in [0.2, 0.25) is 0 Å². The standard InChI is InChI=1S/C15H20ClNO3/c1-15(2,3)10-20-14(18)13(17-19-4)12-8-6-5-7-11(12)9-16/h5-8H,9-10H2,1-4H3. The maximum absolute atomic E-state index is 12.2. The van der Waals surface area contributed by atoms with Gasteiger partial charge in [0, 0.05) is 11.4 Å². The van der Waals surface area contributed by atoms with Gasteiger partial charge in [0.1, 0.15) is 7.11 Å². The van der Waals surface area contributed by atoms with Crippen LogP contribution in [-0.4, -0.2) is 25.4 Å². The van der Waals surface area contributed by atoms with Crippen molar-refractivity contribution in [1.82, 2.24) is 0 Å². The van der Waals surface area contributed by atoms with Crippen LogP contribution in [0.3, 0.4) is 0 Å². The van der Waals surface area contributed by atoms with E-state index in [9.17, 15) is 4.79 Å². The molecular formula is C15H20ClNO3. The molecule has 4 nitrogen and oxygen atoms in total. The fourth-order valence-corrected chi connectivity index (χ4v) is 1.74. The predicted octanol–water partition coefficient (Wildman–Crippen LogP) is 3.37. The Morgan fingerprint density at radius 1 is 1.30 bits per heavy atom. The van der Waals surface area contributed by atoms with Crippen LogP contribution in [0, 0.1) is 5.41 Å². The lowest BCUT2D eigenvalue weighted by Gasteiger charge is -2.18. The van der Waals surface area contributed by atoms with Crippen LogP contribution in [0.5, 0.6) is 0 Å². The molecule has 0 N–H and O–H groups in total. The summed E-state index contributed by atoms with van der Waals surface area (Å²) in [5.74, 6) is -0.231. The first-order valence-corrected chi connectivity index (χ1v) is 6.85. The van der Waals surface area contributed by atoms with Crippen molar-refractivity contribution in [3.05, 3.63) is 35.4 Å². The van der Waals surface area contributed by atoms with E-state index >= 15 is 0 Å². The molecule has 0 aliphatic rings. The highest BCUT2D eigenvalue weighted by Gasteiger charge is 2.22. The van der Waals surface area contributed by atoms with Crippen LogP contribution in [0.25, 0.3) is 0 Å². The van der Waals surface area contributed by atoms with Crippen LogP contribution in [0.15, 0.2) is 29.4 Å². The summed E-state index contributed by atoms with van der Waals surface area (Å²) in [5, 5.41) is 3.79. The van der Waals surface area contributed by atoms with Crippen molar-refractivity contribution in [3.63, 3.8) is 0 Å². The van der Waals surface area contributed by atoms with E-state index in [1.54, 1.807) is 6.07 Å². The lowest BCUT2D eigenvalue weighted by Crippen LogP contribution is -2.25. The third kappa shape index (κ3) is 4.85. The third-order valence-corrected chi connectivity index (χ3v) is 2.72. The van der Waals surface area contributed by atoms with Crippen LogP contribution in [-0.2, 0) is 20.2 Å². The Kier molecular flexibility index (Phi) is 6.02. The van der Waals surface area contributed by atoms with E-state index in [2.05, 4.69) is 5.16 Å². The summed E-state index contributed by atoms with van der Waals surface area (Å²) in [4.78, 5) is 16.9. The molecule has 110 valence electrons. The summed E-state index contributed by atoms with van der Waals surface area (Å²) in [7, 11) is 1.39. The summed E-state index contributed by atoms with van der Waals surface area (Å²) in [5.41, 5.74) is 1.45. The molecule has 0 saturated heterocycles. The Morgan fingerprint density at radius 2 is 1.95 bits per heavy atom. The zero-order chi connectivity index (χ0) is 15.2. The molecule has 0 radical (unpaired) electrons. The number of ether oxygens (including phenoxy) is 1. The zero-order valence-corrected chi connectivity index (χ0v) is 13.0. The predicted molar refractivity (Wildman–Crippen MR) is 80.0 cm³/mol. The minimum absolute atomic E-state index is 0.111. The minimum atomic E-state index is -0.514. The molecule has 0 spiro atoms. The number of carbonyl (C=O) groups is 1. The van der Waals surface area contributed by atoms with Crippen LogP contribution in [0.1, 0.15) is 31.9 Å². The Bertz CT molecular complexity index is 492. The fraction of sp³-hybridized carbons (Fsp3) is 0.467. The maximum atomic E-state index is 12.2. The van der Waals surface area contributed by atoms with Crippen molar-refractivity contribution in [1.29, 1.82) is 0 Å². The number of alkyl halides is 1. The van der Waals surface area contributed by atoms with E-state index in [1.165, 1.54) is 7.11 Å². The monoisotopic (exact) mass is 297 g/mol. The van der Waals surface area contributed by atoms with Crippen molar-refractivity contribution >= 4 is 23.3 Å². The second-order valence-corrected chi connectivity index (χ2v) is 5.82. The first-order chi connectivity index (χ1) is 9.39. The van der Waals surface area contributed by atoms with Crippen LogP contribution >= 0.6 is 11.6 Å². The van der Waals surface area contributed by atoms with Crippen molar-refractivity contribution in [2.75, 3.05) is 13.7 Å². The van der Waals surface area contributed by atoms with E-state index < -0.39 is 5.97 Å². The second kappa shape index (κ2) is 7.29. The van der Waals surface area contributed by atoms with Crippen molar-refractivity contribution in [2.24, 2.45) is 10.6 Å². The number of benzene rings is 1. The lowest BCUT2D eigenvalue weighted by molar-refractivity contribution is -0.138. The summed E-state index contributed by atoms with van der Waals surface area (Å²) in [6.07, 6.45) is 0. The molecule has 0 saturated carbocycles. The number of hydrogen-bond acceptors (Lipinski definition) is 4. The summed E-state index contributed by atoms with van der Waals surface area (Å²) >= 11 is 5.88. The SMILES string of the molecule is CON=C(C(=O)OCC(C)(C)C)c1ccccc1CCl. The number of esters is 1. The van der Waals surface area contributed by atoms with E-state index in [0.29, 0.717) is 12.2 Å².